The van der Waals surface area contributed by atoms with Gasteiger partial charge in [0.15, 0.2) is 0 Å². The Labute approximate surface area is 85.5 Å². The number of aryl methyl sites for hydroxylation is 2. The van der Waals surface area contributed by atoms with Crippen LogP contribution in [-0.2, 0) is 4.74 Å². The van der Waals surface area contributed by atoms with Gasteiger partial charge in [-0.2, -0.15) is 0 Å². The molecule has 1 saturated heterocycles. The molecule has 0 saturated carbocycles. The third kappa shape index (κ3) is 2.26. The molecular weight excluding hydrogens is 174 g/mol. The molecule has 1 aliphatic rings. The van der Waals surface area contributed by atoms with Gasteiger partial charge >= 0.3 is 0 Å². The highest BCUT2D eigenvalue weighted by atomic mass is 16.6. The molecule has 0 amide bonds. The van der Waals surface area contributed by atoms with Crippen LogP contribution >= 0.6 is 0 Å². The van der Waals surface area contributed by atoms with Gasteiger partial charge in [-0.15, -0.1) is 0 Å². The summed E-state index contributed by atoms with van der Waals surface area (Å²) in [6.07, 6.45) is 0.459. The van der Waals surface area contributed by atoms with E-state index < -0.39 is 0 Å². The maximum atomic E-state index is 5.22. The third-order valence-corrected chi connectivity index (χ3v) is 2.53. The van der Waals surface area contributed by atoms with Crippen LogP contribution in [-0.4, -0.2) is 26.3 Å². The average molecular weight is 191 g/mol. The third-order valence-electron chi connectivity index (χ3n) is 2.53. The second-order valence-electron chi connectivity index (χ2n) is 4.18. The highest BCUT2D eigenvalue weighted by molar-refractivity contribution is 5.50. The zero-order valence-corrected chi connectivity index (χ0v) is 9.08. The van der Waals surface area contributed by atoms with E-state index in [0.29, 0.717) is 6.10 Å². The average Bonchev–Trinajstić information content (AvgIpc) is 2.86. The van der Waals surface area contributed by atoms with Crippen molar-refractivity contribution in [3.8, 4) is 0 Å². The van der Waals surface area contributed by atoms with Gasteiger partial charge in [0, 0.05) is 19.3 Å². The Bertz CT molecular complexity index is 311. The number of benzene rings is 1. The summed E-state index contributed by atoms with van der Waals surface area (Å²) in [6.45, 7) is 6.20. The van der Waals surface area contributed by atoms with Gasteiger partial charge in [0.1, 0.15) is 0 Å². The lowest BCUT2D eigenvalue weighted by atomic mass is 10.1. The van der Waals surface area contributed by atoms with Gasteiger partial charge in [0.2, 0.25) is 0 Å². The number of epoxide rings is 1. The smallest absolute Gasteiger partial charge is 0.0984 e. The predicted octanol–water partition coefficient (Wildman–Crippen LogP) is 2.14. The Hall–Kier alpha value is -1.02. The quantitative estimate of drug-likeness (QED) is 0.680. The fraction of sp³-hybridized carbons (Fsp3) is 0.500. The molecule has 0 aliphatic carbocycles. The summed E-state index contributed by atoms with van der Waals surface area (Å²) in [5.74, 6) is 0. The summed E-state index contributed by atoms with van der Waals surface area (Å²) >= 11 is 0. The molecule has 2 heteroatoms. The van der Waals surface area contributed by atoms with Crippen LogP contribution in [0.2, 0.25) is 0 Å². The van der Waals surface area contributed by atoms with Crippen LogP contribution in [0.15, 0.2) is 18.2 Å². The van der Waals surface area contributed by atoms with Crippen LogP contribution in [0.4, 0.5) is 5.69 Å². The summed E-state index contributed by atoms with van der Waals surface area (Å²) in [4.78, 5) is 2.26. The number of anilines is 1. The van der Waals surface area contributed by atoms with E-state index in [1.807, 2.05) is 0 Å². The number of likely N-dealkylation sites (N-methyl/N-ethyl adjacent to an activating group) is 1. The van der Waals surface area contributed by atoms with Gasteiger partial charge in [0.05, 0.1) is 12.7 Å². The van der Waals surface area contributed by atoms with Crippen LogP contribution in [0.5, 0.6) is 0 Å². The molecule has 1 heterocycles. The molecule has 0 aromatic heterocycles. The van der Waals surface area contributed by atoms with Gasteiger partial charge in [-0.1, -0.05) is 6.07 Å². The van der Waals surface area contributed by atoms with E-state index in [1.54, 1.807) is 0 Å². The first kappa shape index (κ1) is 9.53. The zero-order valence-electron chi connectivity index (χ0n) is 9.08. The first-order valence-electron chi connectivity index (χ1n) is 5.06. The number of ether oxygens (including phenoxy) is 1. The van der Waals surface area contributed by atoms with Crippen LogP contribution in [0.1, 0.15) is 11.1 Å². The minimum absolute atomic E-state index is 0.459. The Balaban J connectivity index is 2.12. The van der Waals surface area contributed by atoms with E-state index in [1.165, 1.54) is 16.8 Å². The standard InChI is InChI=1S/C12H17NO/c1-9-4-10(2)6-11(5-9)13(3)7-12-8-14-12/h4-6,12H,7-8H2,1-3H3. The van der Waals surface area contributed by atoms with E-state index in [-0.39, 0.29) is 0 Å². The molecule has 0 N–H and O–H groups in total. The lowest BCUT2D eigenvalue weighted by molar-refractivity contribution is 0.410. The fourth-order valence-electron chi connectivity index (χ4n) is 1.76. The number of nitrogens with zero attached hydrogens (tertiary/aromatic N) is 1. The number of rotatable bonds is 3. The molecule has 14 heavy (non-hydrogen) atoms. The molecule has 1 atom stereocenters. The van der Waals surface area contributed by atoms with Crippen molar-refractivity contribution in [3.63, 3.8) is 0 Å². The Kier molecular flexibility index (Phi) is 2.46. The van der Waals surface area contributed by atoms with E-state index in [9.17, 15) is 0 Å². The summed E-state index contributed by atoms with van der Waals surface area (Å²) < 4.78 is 5.22. The molecule has 1 aliphatic heterocycles. The largest absolute Gasteiger partial charge is 0.372 e. The summed E-state index contributed by atoms with van der Waals surface area (Å²) in [6, 6.07) is 6.63. The maximum Gasteiger partial charge on any atom is 0.0984 e. The minimum Gasteiger partial charge on any atom is -0.372 e. The van der Waals surface area contributed by atoms with Gasteiger partial charge in [-0.05, 0) is 37.1 Å². The Morgan fingerprint density at radius 1 is 1.29 bits per heavy atom. The van der Waals surface area contributed by atoms with Crippen LogP contribution in [0, 0.1) is 13.8 Å². The molecule has 0 spiro atoms. The highest BCUT2D eigenvalue weighted by Crippen LogP contribution is 2.20. The SMILES string of the molecule is Cc1cc(C)cc(N(C)CC2CO2)c1. The molecule has 0 bridgehead atoms. The second-order valence-corrected chi connectivity index (χ2v) is 4.18. The minimum atomic E-state index is 0.459. The predicted molar refractivity (Wildman–Crippen MR) is 58.9 cm³/mol. The summed E-state index contributed by atoms with van der Waals surface area (Å²) in [5, 5.41) is 0. The molecular formula is C12H17NO. The summed E-state index contributed by atoms with van der Waals surface area (Å²) in [5.41, 5.74) is 3.94. The van der Waals surface area contributed by atoms with E-state index in [2.05, 4.69) is 44.0 Å². The lowest BCUT2D eigenvalue weighted by Gasteiger charge is -2.19. The van der Waals surface area contributed by atoms with Crippen molar-refractivity contribution < 1.29 is 4.74 Å². The molecule has 1 aromatic rings. The van der Waals surface area contributed by atoms with Crippen molar-refractivity contribution >= 4 is 5.69 Å². The van der Waals surface area contributed by atoms with Crippen molar-refractivity contribution in [2.45, 2.75) is 20.0 Å². The normalized spacial score (nSPS) is 19.5. The van der Waals surface area contributed by atoms with Crippen LogP contribution in [0.3, 0.4) is 0 Å². The number of hydrogen-bond donors (Lipinski definition) is 0. The van der Waals surface area contributed by atoms with Gasteiger partial charge in [-0.3, -0.25) is 0 Å². The Morgan fingerprint density at radius 2 is 1.86 bits per heavy atom. The van der Waals surface area contributed by atoms with Gasteiger partial charge in [-0.25, -0.2) is 0 Å². The highest BCUT2D eigenvalue weighted by Gasteiger charge is 2.24. The van der Waals surface area contributed by atoms with Crippen molar-refractivity contribution in [1.29, 1.82) is 0 Å². The first-order chi connectivity index (χ1) is 6.65. The first-order valence-corrected chi connectivity index (χ1v) is 5.06. The molecule has 1 unspecified atom stereocenters. The molecule has 2 rings (SSSR count). The molecule has 2 nitrogen and oxygen atoms in total. The Morgan fingerprint density at radius 3 is 2.36 bits per heavy atom. The lowest BCUT2D eigenvalue weighted by Crippen LogP contribution is -2.22. The summed E-state index contributed by atoms with van der Waals surface area (Å²) in [7, 11) is 2.12. The second kappa shape index (κ2) is 3.62. The zero-order chi connectivity index (χ0) is 10.1. The fourth-order valence-corrected chi connectivity index (χ4v) is 1.76. The van der Waals surface area contributed by atoms with Gasteiger partial charge < -0.3 is 9.64 Å². The van der Waals surface area contributed by atoms with Crippen molar-refractivity contribution in [1.82, 2.24) is 0 Å². The topological polar surface area (TPSA) is 15.8 Å². The van der Waals surface area contributed by atoms with E-state index in [4.69, 9.17) is 4.74 Å². The molecule has 76 valence electrons. The molecule has 1 fully saturated rings. The van der Waals surface area contributed by atoms with Gasteiger partial charge in [0.25, 0.3) is 0 Å². The number of hydrogen-bond acceptors (Lipinski definition) is 2. The van der Waals surface area contributed by atoms with E-state index >= 15 is 0 Å². The van der Waals surface area contributed by atoms with Crippen LogP contribution < -0.4 is 4.90 Å². The maximum absolute atomic E-state index is 5.22. The molecule has 1 aromatic carbocycles. The van der Waals surface area contributed by atoms with Crippen molar-refractivity contribution in [3.05, 3.63) is 29.3 Å². The van der Waals surface area contributed by atoms with Crippen LogP contribution in [0.25, 0.3) is 0 Å². The van der Waals surface area contributed by atoms with Crippen molar-refractivity contribution in [2.24, 2.45) is 0 Å². The van der Waals surface area contributed by atoms with Crippen molar-refractivity contribution in [2.75, 3.05) is 25.1 Å². The monoisotopic (exact) mass is 191 g/mol. The molecule has 0 radical (unpaired) electrons. The van der Waals surface area contributed by atoms with E-state index in [0.717, 1.165) is 13.2 Å².